The van der Waals surface area contributed by atoms with Crippen molar-refractivity contribution in [2.45, 2.75) is 31.7 Å². The lowest BCUT2D eigenvalue weighted by molar-refractivity contribution is -0.131. The molecule has 7 heteroatoms. The minimum atomic E-state index is -0.851. The van der Waals surface area contributed by atoms with Gasteiger partial charge in [0.1, 0.15) is 0 Å². The van der Waals surface area contributed by atoms with Crippen LogP contribution >= 0.6 is 23.2 Å². The van der Waals surface area contributed by atoms with E-state index in [9.17, 15) is 9.00 Å². The van der Waals surface area contributed by atoms with Gasteiger partial charge in [0.2, 0.25) is 5.91 Å². The van der Waals surface area contributed by atoms with E-state index < -0.39 is 10.8 Å². The maximum absolute atomic E-state index is 12.7. The highest BCUT2D eigenvalue weighted by atomic mass is 35.5. The van der Waals surface area contributed by atoms with Crippen molar-refractivity contribution in [3.05, 3.63) is 33.8 Å². The van der Waals surface area contributed by atoms with Crippen LogP contribution in [-0.4, -0.2) is 64.6 Å². The van der Waals surface area contributed by atoms with Gasteiger partial charge in [-0.25, -0.2) is 0 Å². The van der Waals surface area contributed by atoms with Crippen LogP contribution in [-0.2, 0) is 22.0 Å². The lowest BCUT2D eigenvalue weighted by Crippen LogP contribution is -2.45. The van der Waals surface area contributed by atoms with Crippen LogP contribution < -0.4 is 0 Å². The fraction of sp³-hybridized carbons (Fsp3) is 0.611. The molecule has 0 unspecified atom stereocenters. The summed E-state index contributed by atoms with van der Waals surface area (Å²) < 4.78 is 11.5. The van der Waals surface area contributed by atoms with Crippen molar-refractivity contribution in [3.8, 4) is 0 Å². The van der Waals surface area contributed by atoms with E-state index in [1.54, 1.807) is 18.4 Å². The maximum atomic E-state index is 12.7. The molecule has 0 aromatic heterocycles. The van der Waals surface area contributed by atoms with Crippen molar-refractivity contribution >= 4 is 39.9 Å². The van der Waals surface area contributed by atoms with E-state index in [0.717, 1.165) is 31.6 Å². The van der Waals surface area contributed by atoms with E-state index in [1.165, 1.54) is 12.8 Å². The Morgan fingerprint density at radius 2 is 1.96 bits per heavy atom. The Balaban J connectivity index is 2.01. The molecule has 2 rings (SSSR count). The Hall–Kier alpha value is -0.620. The molecule has 4 nitrogen and oxygen atoms in total. The van der Waals surface area contributed by atoms with Gasteiger partial charge < -0.3 is 9.80 Å². The van der Waals surface area contributed by atoms with Crippen LogP contribution in [0.2, 0.25) is 10.0 Å². The number of benzene rings is 1. The minimum Gasteiger partial charge on any atom is -0.341 e. The van der Waals surface area contributed by atoms with Crippen LogP contribution in [0.5, 0.6) is 0 Å². The Labute approximate surface area is 162 Å². The first kappa shape index (κ1) is 20.7. The monoisotopic (exact) mass is 404 g/mol. The first-order valence-corrected chi connectivity index (χ1v) is 11.1. The molecule has 2 atom stereocenters. The van der Waals surface area contributed by atoms with Crippen LogP contribution in [0.15, 0.2) is 18.2 Å². The average Bonchev–Trinajstić information content (AvgIpc) is 3.07. The molecule has 1 aliphatic rings. The molecule has 1 aromatic carbocycles. The summed E-state index contributed by atoms with van der Waals surface area (Å²) in [7, 11) is 0.995. The molecule has 0 bridgehead atoms. The van der Waals surface area contributed by atoms with Crippen molar-refractivity contribution < 1.29 is 9.00 Å². The van der Waals surface area contributed by atoms with Crippen molar-refractivity contribution in [1.29, 1.82) is 0 Å². The molecule has 0 N–H and O–H groups in total. The van der Waals surface area contributed by atoms with Gasteiger partial charge in [-0.3, -0.25) is 9.00 Å². The predicted molar refractivity (Wildman–Crippen MR) is 106 cm³/mol. The van der Waals surface area contributed by atoms with Crippen molar-refractivity contribution in [2.24, 2.45) is 0 Å². The normalized spacial score (nSPS) is 17.4. The van der Waals surface area contributed by atoms with Crippen LogP contribution in [0, 0.1) is 0 Å². The SMILES string of the molecule is CN(C(=O)Cc1ccc(Cl)c(Cl)c1)[C@H](CC[S@](C)=O)CN1CCCC1. The number of carbonyl (C=O) groups excluding carboxylic acids is 1. The number of halogens is 2. The van der Waals surface area contributed by atoms with Crippen LogP contribution in [0.4, 0.5) is 0 Å². The Bertz CT molecular complexity index is 621. The second-order valence-electron chi connectivity index (χ2n) is 6.66. The zero-order valence-electron chi connectivity index (χ0n) is 14.8. The summed E-state index contributed by atoms with van der Waals surface area (Å²) in [6.07, 6.45) is 5.19. The highest BCUT2D eigenvalue weighted by Gasteiger charge is 2.24. The van der Waals surface area contributed by atoms with Gasteiger partial charge in [0.25, 0.3) is 0 Å². The third-order valence-corrected chi connectivity index (χ3v) is 6.24. The number of amides is 1. The Morgan fingerprint density at radius 3 is 2.56 bits per heavy atom. The van der Waals surface area contributed by atoms with E-state index in [-0.39, 0.29) is 11.9 Å². The quantitative estimate of drug-likeness (QED) is 0.667. The molecule has 1 aromatic rings. The molecule has 1 amide bonds. The van der Waals surface area contributed by atoms with Crippen LogP contribution in [0.25, 0.3) is 0 Å². The molecule has 140 valence electrons. The zero-order chi connectivity index (χ0) is 18.4. The summed E-state index contributed by atoms with van der Waals surface area (Å²) in [4.78, 5) is 16.9. The highest BCUT2D eigenvalue weighted by Crippen LogP contribution is 2.23. The second kappa shape index (κ2) is 9.91. The molecule has 0 aliphatic carbocycles. The van der Waals surface area contributed by atoms with Gasteiger partial charge in [0.05, 0.1) is 16.5 Å². The molecule has 1 aliphatic heterocycles. The summed E-state index contributed by atoms with van der Waals surface area (Å²) in [6.45, 7) is 3.02. The number of nitrogens with zero attached hydrogens (tertiary/aromatic N) is 2. The maximum Gasteiger partial charge on any atom is 0.227 e. The second-order valence-corrected chi connectivity index (χ2v) is 9.03. The van der Waals surface area contributed by atoms with Gasteiger partial charge in [-0.1, -0.05) is 29.3 Å². The predicted octanol–water partition coefficient (Wildman–Crippen LogP) is 3.23. The third-order valence-electron chi connectivity index (χ3n) is 4.69. The van der Waals surface area contributed by atoms with E-state index in [4.69, 9.17) is 23.2 Å². The average molecular weight is 405 g/mol. The van der Waals surface area contributed by atoms with Crippen molar-refractivity contribution in [2.75, 3.05) is 38.7 Å². The van der Waals surface area contributed by atoms with E-state index in [1.807, 2.05) is 18.0 Å². The zero-order valence-corrected chi connectivity index (χ0v) is 17.2. The molecule has 1 saturated heterocycles. The molecule has 1 fully saturated rings. The molecule has 25 heavy (non-hydrogen) atoms. The lowest BCUT2D eigenvalue weighted by atomic mass is 10.1. The van der Waals surface area contributed by atoms with E-state index in [0.29, 0.717) is 22.2 Å². The van der Waals surface area contributed by atoms with Gasteiger partial charge in [0, 0.05) is 42.4 Å². The standard InChI is InChI=1S/C18H26Cl2N2O2S/c1-21(18(23)12-14-5-6-16(19)17(20)11-14)15(7-10-25(2)24)13-22-8-3-4-9-22/h5-6,11,15H,3-4,7-10,12-13H2,1-2H3/t15-,25+/m1/s1. The third kappa shape index (κ3) is 6.55. The summed E-state index contributed by atoms with van der Waals surface area (Å²) >= 11 is 12.0. The number of likely N-dealkylation sites (N-methyl/N-ethyl adjacent to an activating group) is 1. The van der Waals surface area contributed by atoms with Gasteiger partial charge in [0.15, 0.2) is 0 Å². The Kier molecular flexibility index (Phi) is 8.20. The molecule has 0 spiro atoms. The number of carbonyl (C=O) groups is 1. The molecule has 1 heterocycles. The topological polar surface area (TPSA) is 40.6 Å². The smallest absolute Gasteiger partial charge is 0.227 e. The minimum absolute atomic E-state index is 0.0458. The van der Waals surface area contributed by atoms with Gasteiger partial charge in [-0.2, -0.15) is 0 Å². The van der Waals surface area contributed by atoms with Crippen LogP contribution in [0.1, 0.15) is 24.8 Å². The summed E-state index contributed by atoms with van der Waals surface area (Å²) in [5.41, 5.74) is 0.852. The summed E-state index contributed by atoms with van der Waals surface area (Å²) in [5, 5.41) is 0.952. The molecule has 0 saturated carbocycles. The van der Waals surface area contributed by atoms with Crippen LogP contribution in [0.3, 0.4) is 0 Å². The largest absolute Gasteiger partial charge is 0.341 e. The van der Waals surface area contributed by atoms with Gasteiger partial charge >= 0.3 is 0 Å². The number of hydrogen-bond donors (Lipinski definition) is 0. The molecular weight excluding hydrogens is 379 g/mol. The summed E-state index contributed by atoms with van der Waals surface area (Å²) in [6, 6.07) is 5.37. The number of likely N-dealkylation sites (tertiary alicyclic amines) is 1. The fourth-order valence-electron chi connectivity index (χ4n) is 3.13. The number of rotatable bonds is 8. The Morgan fingerprint density at radius 1 is 1.28 bits per heavy atom. The fourth-order valence-corrected chi connectivity index (χ4v) is 4.05. The first-order valence-electron chi connectivity index (χ1n) is 8.59. The lowest BCUT2D eigenvalue weighted by Gasteiger charge is -2.31. The van der Waals surface area contributed by atoms with Crippen molar-refractivity contribution in [3.63, 3.8) is 0 Å². The molecule has 0 radical (unpaired) electrons. The highest BCUT2D eigenvalue weighted by molar-refractivity contribution is 7.84. The van der Waals surface area contributed by atoms with E-state index >= 15 is 0 Å². The molecular formula is C18H26Cl2N2O2S. The van der Waals surface area contributed by atoms with Gasteiger partial charge in [-0.15, -0.1) is 0 Å². The van der Waals surface area contributed by atoms with Crippen molar-refractivity contribution in [1.82, 2.24) is 9.80 Å². The van der Waals surface area contributed by atoms with Gasteiger partial charge in [-0.05, 0) is 50.0 Å². The first-order chi connectivity index (χ1) is 11.9. The van der Waals surface area contributed by atoms with E-state index in [2.05, 4.69) is 4.90 Å². The number of hydrogen-bond acceptors (Lipinski definition) is 3. The summed E-state index contributed by atoms with van der Waals surface area (Å²) in [5.74, 6) is 0.660.